The zero-order valence-corrected chi connectivity index (χ0v) is 17.4. The molecule has 1 aromatic heterocycles. The van der Waals surface area contributed by atoms with Gasteiger partial charge in [0.15, 0.2) is 0 Å². The van der Waals surface area contributed by atoms with E-state index in [0.29, 0.717) is 5.92 Å². The maximum Gasteiger partial charge on any atom is 0.246 e. The lowest BCUT2D eigenvalue weighted by molar-refractivity contribution is -0.127. The summed E-state index contributed by atoms with van der Waals surface area (Å²) in [6.07, 6.45) is 9.64. The van der Waals surface area contributed by atoms with E-state index in [1.807, 2.05) is 12.3 Å². The van der Waals surface area contributed by atoms with Crippen LogP contribution in [0.15, 0.2) is 48.8 Å². The summed E-state index contributed by atoms with van der Waals surface area (Å²) in [5.74, 6) is 0.597. The molecule has 0 spiro atoms. The van der Waals surface area contributed by atoms with Gasteiger partial charge < -0.3 is 10.6 Å². The Morgan fingerprint density at radius 3 is 2.43 bits per heavy atom. The molecular weight excluding hydrogens is 346 g/mol. The molecule has 1 fully saturated rings. The highest BCUT2D eigenvalue weighted by molar-refractivity contribution is 5.90. The summed E-state index contributed by atoms with van der Waals surface area (Å²) in [6.45, 7) is 6.46. The number of pyridine rings is 1. The number of nitrogens with zero attached hydrogens (tertiary/aromatic N) is 1. The third kappa shape index (κ3) is 5.12. The highest BCUT2D eigenvalue weighted by Gasteiger charge is 2.40. The standard InChI is InChI=1S/C24H33N3O/c1-18(2)16-22(20-8-7-15-25-17-20)26-23(28)24(13-5-4-6-14-24)27-21-11-9-19(3)10-12-21/h7-12,15,17-18,22,27H,4-6,13-14,16H2,1-3H3,(H,26,28)/t22-/m0/s1. The summed E-state index contributed by atoms with van der Waals surface area (Å²) in [5.41, 5.74) is 2.78. The van der Waals surface area contributed by atoms with Crippen molar-refractivity contribution in [1.29, 1.82) is 0 Å². The molecule has 0 radical (unpaired) electrons. The van der Waals surface area contributed by atoms with Crippen molar-refractivity contribution in [2.24, 2.45) is 5.92 Å². The van der Waals surface area contributed by atoms with Crippen LogP contribution >= 0.6 is 0 Å². The van der Waals surface area contributed by atoms with Crippen molar-refractivity contribution >= 4 is 11.6 Å². The van der Waals surface area contributed by atoms with Crippen molar-refractivity contribution in [2.45, 2.75) is 70.9 Å². The van der Waals surface area contributed by atoms with E-state index < -0.39 is 5.54 Å². The molecule has 28 heavy (non-hydrogen) atoms. The van der Waals surface area contributed by atoms with Gasteiger partial charge in [-0.1, -0.05) is 56.9 Å². The Bertz CT molecular complexity index is 749. The van der Waals surface area contributed by atoms with E-state index in [2.05, 4.69) is 66.7 Å². The molecule has 150 valence electrons. The number of hydrogen-bond donors (Lipinski definition) is 2. The molecule has 0 unspecified atom stereocenters. The fourth-order valence-corrected chi connectivity index (χ4v) is 4.11. The van der Waals surface area contributed by atoms with E-state index in [9.17, 15) is 4.79 Å². The Labute approximate surface area is 169 Å². The predicted octanol–water partition coefficient (Wildman–Crippen LogP) is 5.41. The first-order chi connectivity index (χ1) is 13.5. The molecular formula is C24H33N3O. The van der Waals surface area contributed by atoms with E-state index in [0.717, 1.165) is 43.4 Å². The SMILES string of the molecule is Cc1ccc(NC2(C(=O)N[C@@H](CC(C)C)c3cccnc3)CCCCC2)cc1. The minimum Gasteiger partial charge on any atom is -0.371 e. The van der Waals surface area contributed by atoms with Gasteiger partial charge >= 0.3 is 0 Å². The average Bonchev–Trinajstić information content (AvgIpc) is 2.70. The molecule has 1 aromatic carbocycles. The molecule has 1 aliphatic rings. The van der Waals surface area contributed by atoms with Gasteiger partial charge in [-0.25, -0.2) is 0 Å². The van der Waals surface area contributed by atoms with Gasteiger partial charge in [0, 0.05) is 18.1 Å². The fraction of sp³-hybridized carbons (Fsp3) is 0.500. The van der Waals surface area contributed by atoms with Gasteiger partial charge in [-0.3, -0.25) is 9.78 Å². The number of carbonyl (C=O) groups excluding carboxylic acids is 1. The van der Waals surface area contributed by atoms with Crippen molar-refractivity contribution in [2.75, 3.05) is 5.32 Å². The predicted molar refractivity (Wildman–Crippen MR) is 115 cm³/mol. The quantitative estimate of drug-likeness (QED) is 0.676. The lowest BCUT2D eigenvalue weighted by Crippen LogP contribution is -2.54. The maximum absolute atomic E-state index is 13.6. The molecule has 2 aromatic rings. The second-order valence-electron chi connectivity index (χ2n) is 8.58. The minimum atomic E-state index is -0.537. The van der Waals surface area contributed by atoms with Crippen molar-refractivity contribution in [3.63, 3.8) is 0 Å². The van der Waals surface area contributed by atoms with Crippen LogP contribution in [0.5, 0.6) is 0 Å². The van der Waals surface area contributed by atoms with Crippen LogP contribution in [0.3, 0.4) is 0 Å². The van der Waals surface area contributed by atoms with Gasteiger partial charge in [-0.05, 0) is 55.9 Å². The number of aromatic nitrogens is 1. The van der Waals surface area contributed by atoms with Crippen molar-refractivity contribution in [1.82, 2.24) is 10.3 Å². The number of carbonyl (C=O) groups is 1. The van der Waals surface area contributed by atoms with Crippen LogP contribution in [0.2, 0.25) is 0 Å². The Morgan fingerprint density at radius 1 is 1.11 bits per heavy atom. The van der Waals surface area contributed by atoms with Crippen molar-refractivity contribution in [3.8, 4) is 0 Å². The van der Waals surface area contributed by atoms with E-state index >= 15 is 0 Å². The van der Waals surface area contributed by atoms with E-state index in [4.69, 9.17) is 0 Å². The Kier molecular flexibility index (Phi) is 6.71. The zero-order chi connectivity index (χ0) is 20.0. The summed E-state index contributed by atoms with van der Waals surface area (Å²) in [5, 5.41) is 6.97. The first-order valence-electron chi connectivity index (χ1n) is 10.5. The average molecular weight is 380 g/mol. The molecule has 4 heteroatoms. The monoisotopic (exact) mass is 379 g/mol. The normalized spacial score (nSPS) is 17.1. The minimum absolute atomic E-state index is 0.0141. The molecule has 1 saturated carbocycles. The van der Waals surface area contributed by atoms with Gasteiger partial charge in [-0.2, -0.15) is 0 Å². The van der Waals surface area contributed by atoms with Gasteiger partial charge in [0.1, 0.15) is 5.54 Å². The number of hydrogen-bond acceptors (Lipinski definition) is 3. The number of amides is 1. The van der Waals surface area contributed by atoms with Crippen LogP contribution in [0.4, 0.5) is 5.69 Å². The van der Waals surface area contributed by atoms with Gasteiger partial charge in [0.2, 0.25) is 5.91 Å². The number of nitrogens with one attached hydrogen (secondary N) is 2. The summed E-state index contributed by atoms with van der Waals surface area (Å²) in [7, 11) is 0. The summed E-state index contributed by atoms with van der Waals surface area (Å²) in [6, 6.07) is 12.3. The fourth-order valence-electron chi connectivity index (χ4n) is 4.11. The molecule has 0 bridgehead atoms. The van der Waals surface area contributed by atoms with Crippen LogP contribution in [0, 0.1) is 12.8 Å². The summed E-state index contributed by atoms with van der Waals surface area (Å²) < 4.78 is 0. The van der Waals surface area contributed by atoms with Crippen molar-refractivity contribution in [3.05, 3.63) is 59.9 Å². The van der Waals surface area contributed by atoms with Crippen LogP contribution in [-0.4, -0.2) is 16.4 Å². The molecule has 3 rings (SSSR count). The summed E-state index contributed by atoms with van der Waals surface area (Å²) in [4.78, 5) is 17.8. The first-order valence-corrected chi connectivity index (χ1v) is 10.5. The number of anilines is 1. The van der Waals surface area contributed by atoms with Crippen LogP contribution in [0.25, 0.3) is 0 Å². The molecule has 2 N–H and O–H groups in total. The lowest BCUT2D eigenvalue weighted by atomic mass is 9.80. The Balaban J connectivity index is 1.82. The van der Waals surface area contributed by atoms with Crippen LogP contribution in [0.1, 0.15) is 69.5 Å². The van der Waals surface area contributed by atoms with Gasteiger partial charge in [0.25, 0.3) is 0 Å². The van der Waals surface area contributed by atoms with E-state index in [-0.39, 0.29) is 11.9 Å². The highest BCUT2D eigenvalue weighted by Crippen LogP contribution is 2.33. The zero-order valence-electron chi connectivity index (χ0n) is 17.4. The Morgan fingerprint density at radius 2 is 1.82 bits per heavy atom. The van der Waals surface area contributed by atoms with Gasteiger partial charge in [0.05, 0.1) is 6.04 Å². The third-order valence-corrected chi connectivity index (χ3v) is 5.68. The highest BCUT2D eigenvalue weighted by atomic mass is 16.2. The molecule has 1 atom stereocenters. The number of rotatable bonds is 7. The first kappa shape index (κ1) is 20.4. The van der Waals surface area contributed by atoms with E-state index in [1.165, 1.54) is 12.0 Å². The lowest BCUT2D eigenvalue weighted by Gasteiger charge is -2.39. The van der Waals surface area contributed by atoms with Crippen LogP contribution < -0.4 is 10.6 Å². The molecule has 4 nitrogen and oxygen atoms in total. The number of benzene rings is 1. The molecule has 1 heterocycles. The second kappa shape index (κ2) is 9.22. The largest absolute Gasteiger partial charge is 0.371 e. The third-order valence-electron chi connectivity index (χ3n) is 5.68. The maximum atomic E-state index is 13.6. The molecule has 1 aliphatic carbocycles. The smallest absolute Gasteiger partial charge is 0.246 e. The summed E-state index contributed by atoms with van der Waals surface area (Å²) >= 11 is 0. The molecule has 1 amide bonds. The molecule has 0 saturated heterocycles. The number of aryl methyl sites for hydroxylation is 1. The van der Waals surface area contributed by atoms with Crippen LogP contribution in [-0.2, 0) is 4.79 Å². The Hall–Kier alpha value is -2.36. The van der Waals surface area contributed by atoms with E-state index in [1.54, 1.807) is 6.20 Å². The molecule has 0 aliphatic heterocycles. The second-order valence-corrected chi connectivity index (χ2v) is 8.58. The topological polar surface area (TPSA) is 54.0 Å². The van der Waals surface area contributed by atoms with Gasteiger partial charge in [-0.15, -0.1) is 0 Å². The van der Waals surface area contributed by atoms with Crippen molar-refractivity contribution < 1.29 is 4.79 Å².